The van der Waals surface area contributed by atoms with Crippen LogP contribution in [0.25, 0.3) is 11.1 Å². The molecule has 7 heteroatoms. The van der Waals surface area contributed by atoms with Gasteiger partial charge in [-0.3, -0.25) is 9.78 Å². The molecule has 0 saturated heterocycles. The second-order valence-corrected chi connectivity index (χ2v) is 8.25. The summed E-state index contributed by atoms with van der Waals surface area (Å²) in [6.07, 6.45) is 5.89. The summed E-state index contributed by atoms with van der Waals surface area (Å²) >= 11 is 0. The van der Waals surface area contributed by atoms with Crippen molar-refractivity contribution in [3.8, 4) is 22.8 Å². The van der Waals surface area contributed by atoms with Gasteiger partial charge in [0.05, 0.1) is 32.0 Å². The number of esters is 1. The van der Waals surface area contributed by atoms with Crippen LogP contribution in [0.4, 0.5) is 4.39 Å². The third kappa shape index (κ3) is 5.13. The number of methoxy groups -OCH3 is 2. The zero-order valence-electron chi connectivity index (χ0n) is 19.0. The fraction of sp³-hybridized carbons (Fsp3) is 0.346. The first-order valence-electron chi connectivity index (χ1n) is 11.0. The fourth-order valence-electron chi connectivity index (χ4n) is 4.09. The van der Waals surface area contributed by atoms with Crippen molar-refractivity contribution in [1.29, 1.82) is 0 Å². The topological polar surface area (TPSA) is 70.5 Å². The van der Waals surface area contributed by atoms with E-state index < -0.39 is 5.82 Å². The molecule has 0 spiro atoms. The molecule has 0 N–H and O–H groups in total. The molecule has 0 aliphatic carbocycles. The quantitative estimate of drug-likeness (QED) is 0.487. The highest BCUT2D eigenvalue weighted by Gasteiger charge is 2.22. The number of carbonyl (C=O) groups excluding carboxylic acids is 1. The Morgan fingerprint density at radius 1 is 1.18 bits per heavy atom. The van der Waals surface area contributed by atoms with E-state index in [1.807, 2.05) is 31.2 Å². The number of aryl methyl sites for hydroxylation is 1. The van der Waals surface area contributed by atoms with Crippen LogP contribution in [0, 0.1) is 11.7 Å². The van der Waals surface area contributed by atoms with Crippen LogP contribution in [0.2, 0.25) is 0 Å². The van der Waals surface area contributed by atoms with Crippen molar-refractivity contribution in [2.24, 2.45) is 5.92 Å². The Morgan fingerprint density at radius 3 is 2.76 bits per heavy atom. The Morgan fingerprint density at radius 2 is 2.03 bits per heavy atom. The van der Waals surface area contributed by atoms with E-state index in [9.17, 15) is 9.18 Å². The lowest BCUT2D eigenvalue weighted by Gasteiger charge is -2.18. The number of hydrogen-bond donors (Lipinski definition) is 0. The molecule has 1 unspecified atom stereocenters. The summed E-state index contributed by atoms with van der Waals surface area (Å²) in [5.41, 5.74) is 4.00. The zero-order valence-corrected chi connectivity index (χ0v) is 19.0. The van der Waals surface area contributed by atoms with Gasteiger partial charge in [-0.1, -0.05) is 25.1 Å². The molecule has 172 valence electrons. The number of pyridine rings is 2. The molecule has 33 heavy (non-hydrogen) atoms. The van der Waals surface area contributed by atoms with Gasteiger partial charge < -0.3 is 14.2 Å². The molecular formula is C26H27FN2O4. The van der Waals surface area contributed by atoms with Crippen molar-refractivity contribution in [3.05, 3.63) is 71.4 Å². The van der Waals surface area contributed by atoms with Gasteiger partial charge in [0.15, 0.2) is 0 Å². The summed E-state index contributed by atoms with van der Waals surface area (Å²) in [7, 11) is 2.90. The van der Waals surface area contributed by atoms with Crippen molar-refractivity contribution < 1.29 is 23.4 Å². The molecule has 6 nitrogen and oxygen atoms in total. The number of fused-ring (bicyclic) bond motifs is 1. The fourth-order valence-corrected chi connectivity index (χ4v) is 4.09. The molecule has 1 aliphatic rings. The number of halogens is 1. The van der Waals surface area contributed by atoms with Gasteiger partial charge in [-0.05, 0) is 48.9 Å². The van der Waals surface area contributed by atoms with Gasteiger partial charge in [-0.25, -0.2) is 9.37 Å². The van der Waals surface area contributed by atoms with E-state index in [-0.39, 0.29) is 18.0 Å². The Bertz CT molecular complexity index is 1130. The molecule has 0 radical (unpaired) electrons. The van der Waals surface area contributed by atoms with Crippen LogP contribution in [0.1, 0.15) is 42.7 Å². The maximum absolute atomic E-state index is 14.3. The SMILES string of the molecule is COC(=O)[C@@H](C)Cc1ccc2c(c1)OC(c1ccc(-c3cc(OC)ncc3F)cn1)CCC2. The molecule has 4 rings (SSSR count). The Hall–Kier alpha value is -3.48. The Kier molecular flexibility index (Phi) is 6.87. The molecule has 2 aromatic heterocycles. The standard InChI is InChI=1S/C26H27FN2O4/c1-16(26(30)32-3)11-17-7-8-18-5-4-6-23(33-24(18)12-17)22-10-9-19(14-28-22)20-13-25(31-2)29-15-21(20)27/h7-10,12-16,23H,4-6,11H2,1-3H3/t16-,23?/m0/s1. The third-order valence-corrected chi connectivity index (χ3v) is 5.93. The lowest BCUT2D eigenvalue weighted by atomic mass is 9.98. The van der Waals surface area contributed by atoms with Gasteiger partial charge in [-0.15, -0.1) is 0 Å². The van der Waals surface area contributed by atoms with Crippen LogP contribution in [-0.4, -0.2) is 30.2 Å². The summed E-state index contributed by atoms with van der Waals surface area (Å²) in [4.78, 5) is 20.3. The van der Waals surface area contributed by atoms with E-state index in [4.69, 9.17) is 14.2 Å². The number of aromatic nitrogens is 2. The lowest BCUT2D eigenvalue weighted by Crippen LogP contribution is -2.15. The molecule has 3 aromatic rings. The predicted molar refractivity (Wildman–Crippen MR) is 122 cm³/mol. The number of carbonyl (C=O) groups is 1. The first kappa shape index (κ1) is 22.7. The third-order valence-electron chi connectivity index (χ3n) is 5.93. The van der Waals surface area contributed by atoms with Gasteiger partial charge in [0.2, 0.25) is 5.88 Å². The van der Waals surface area contributed by atoms with Crippen molar-refractivity contribution >= 4 is 5.97 Å². The normalized spacial score (nSPS) is 16.2. The monoisotopic (exact) mass is 450 g/mol. The molecule has 0 saturated carbocycles. The minimum Gasteiger partial charge on any atom is -0.484 e. The highest BCUT2D eigenvalue weighted by Crippen LogP contribution is 2.35. The number of benzene rings is 1. The molecule has 1 aliphatic heterocycles. The van der Waals surface area contributed by atoms with Crippen LogP contribution >= 0.6 is 0 Å². The molecule has 0 bridgehead atoms. The van der Waals surface area contributed by atoms with Gasteiger partial charge in [0.1, 0.15) is 17.7 Å². The first-order valence-corrected chi connectivity index (χ1v) is 11.0. The molecule has 3 heterocycles. The Labute approximate surface area is 192 Å². The smallest absolute Gasteiger partial charge is 0.308 e. The van der Waals surface area contributed by atoms with Gasteiger partial charge in [0.25, 0.3) is 0 Å². The van der Waals surface area contributed by atoms with Crippen LogP contribution in [0.5, 0.6) is 11.6 Å². The minimum atomic E-state index is -0.432. The largest absolute Gasteiger partial charge is 0.484 e. The number of ether oxygens (including phenoxy) is 3. The number of nitrogens with zero attached hydrogens (tertiary/aromatic N) is 2. The number of hydrogen-bond acceptors (Lipinski definition) is 6. The van der Waals surface area contributed by atoms with E-state index in [0.717, 1.165) is 48.0 Å². The summed E-state index contributed by atoms with van der Waals surface area (Å²) in [6.45, 7) is 1.86. The van der Waals surface area contributed by atoms with Gasteiger partial charge >= 0.3 is 5.97 Å². The van der Waals surface area contributed by atoms with Crippen LogP contribution in [0.3, 0.4) is 0 Å². The van der Waals surface area contributed by atoms with Crippen LogP contribution in [0.15, 0.2) is 48.8 Å². The van der Waals surface area contributed by atoms with Crippen molar-refractivity contribution in [1.82, 2.24) is 9.97 Å². The zero-order chi connectivity index (χ0) is 23.4. The van der Waals surface area contributed by atoms with E-state index in [1.54, 1.807) is 12.3 Å². The Balaban J connectivity index is 1.54. The average molecular weight is 451 g/mol. The second-order valence-electron chi connectivity index (χ2n) is 8.25. The molecular weight excluding hydrogens is 423 g/mol. The van der Waals surface area contributed by atoms with E-state index in [1.165, 1.54) is 14.2 Å². The van der Waals surface area contributed by atoms with E-state index in [2.05, 4.69) is 16.0 Å². The predicted octanol–water partition coefficient (Wildman–Crippen LogP) is 5.10. The average Bonchev–Trinajstić information content (AvgIpc) is 3.06. The second kappa shape index (κ2) is 9.98. The molecule has 2 atom stereocenters. The lowest BCUT2D eigenvalue weighted by molar-refractivity contribution is -0.144. The van der Waals surface area contributed by atoms with Crippen molar-refractivity contribution in [2.45, 2.75) is 38.7 Å². The molecule has 0 amide bonds. The first-order chi connectivity index (χ1) is 16.0. The maximum atomic E-state index is 14.3. The van der Waals surface area contributed by atoms with Crippen LogP contribution in [-0.2, 0) is 22.4 Å². The van der Waals surface area contributed by atoms with E-state index in [0.29, 0.717) is 23.4 Å². The summed E-state index contributed by atoms with van der Waals surface area (Å²) in [5, 5.41) is 0. The van der Waals surface area contributed by atoms with Crippen molar-refractivity contribution in [3.63, 3.8) is 0 Å². The van der Waals surface area contributed by atoms with Gasteiger partial charge in [-0.2, -0.15) is 0 Å². The summed E-state index contributed by atoms with van der Waals surface area (Å²) < 4.78 is 30.6. The summed E-state index contributed by atoms with van der Waals surface area (Å²) in [6, 6.07) is 11.4. The van der Waals surface area contributed by atoms with Gasteiger partial charge in [0, 0.05) is 23.4 Å². The minimum absolute atomic E-state index is 0.203. The van der Waals surface area contributed by atoms with E-state index >= 15 is 0 Å². The highest BCUT2D eigenvalue weighted by molar-refractivity contribution is 5.72. The van der Waals surface area contributed by atoms with Crippen LogP contribution < -0.4 is 9.47 Å². The molecule has 0 fully saturated rings. The highest BCUT2D eigenvalue weighted by atomic mass is 19.1. The number of rotatable bonds is 6. The maximum Gasteiger partial charge on any atom is 0.308 e. The summed E-state index contributed by atoms with van der Waals surface area (Å²) in [5.74, 6) is 0.283. The molecule has 1 aromatic carbocycles. The van der Waals surface area contributed by atoms with Crippen molar-refractivity contribution in [2.75, 3.05) is 14.2 Å².